The van der Waals surface area contributed by atoms with E-state index in [1.54, 1.807) is 25.8 Å². The molecule has 0 saturated carbocycles. The molecule has 0 spiro atoms. The Labute approximate surface area is 98.2 Å². The molecule has 1 fully saturated rings. The van der Waals surface area contributed by atoms with E-state index in [1.807, 2.05) is 0 Å². The van der Waals surface area contributed by atoms with Crippen molar-refractivity contribution >= 4 is 5.91 Å². The molecule has 1 rings (SSSR count). The molecular formula is C12H24N2O2. The molecule has 1 aliphatic rings. The highest BCUT2D eigenvalue weighted by Gasteiger charge is 2.20. The van der Waals surface area contributed by atoms with Gasteiger partial charge in [0.15, 0.2) is 0 Å². The van der Waals surface area contributed by atoms with Crippen LogP contribution in [0.5, 0.6) is 0 Å². The van der Waals surface area contributed by atoms with Gasteiger partial charge in [0.25, 0.3) is 0 Å². The Morgan fingerprint density at radius 2 is 1.94 bits per heavy atom. The van der Waals surface area contributed by atoms with Crippen molar-refractivity contribution in [2.24, 2.45) is 0 Å². The van der Waals surface area contributed by atoms with Crippen LogP contribution in [-0.4, -0.2) is 59.6 Å². The molecule has 1 heterocycles. The van der Waals surface area contributed by atoms with Crippen molar-refractivity contribution in [1.29, 1.82) is 0 Å². The number of hydrogen-bond acceptors (Lipinski definition) is 3. The molecule has 1 N–H and O–H groups in total. The molecule has 4 heteroatoms. The number of rotatable bonds is 5. The van der Waals surface area contributed by atoms with Crippen LogP contribution in [0.15, 0.2) is 0 Å². The van der Waals surface area contributed by atoms with E-state index in [9.17, 15) is 9.90 Å². The van der Waals surface area contributed by atoms with Gasteiger partial charge in [-0.25, -0.2) is 0 Å². The second kappa shape index (κ2) is 5.64. The lowest BCUT2D eigenvalue weighted by molar-refractivity contribution is -0.132. The van der Waals surface area contributed by atoms with Gasteiger partial charge in [-0.1, -0.05) is 0 Å². The number of aliphatic hydroxyl groups is 1. The van der Waals surface area contributed by atoms with Crippen molar-refractivity contribution in [3.63, 3.8) is 0 Å². The van der Waals surface area contributed by atoms with E-state index >= 15 is 0 Å². The van der Waals surface area contributed by atoms with Crippen molar-refractivity contribution < 1.29 is 9.90 Å². The van der Waals surface area contributed by atoms with Crippen LogP contribution < -0.4 is 0 Å². The van der Waals surface area contributed by atoms with Gasteiger partial charge in [-0.05, 0) is 39.8 Å². The summed E-state index contributed by atoms with van der Waals surface area (Å²) in [4.78, 5) is 15.7. The lowest BCUT2D eigenvalue weighted by atomic mass is 10.1. The highest BCUT2D eigenvalue weighted by molar-refractivity contribution is 5.76. The first-order valence-electron chi connectivity index (χ1n) is 6.07. The first-order valence-corrected chi connectivity index (χ1v) is 6.07. The average molecular weight is 228 g/mol. The van der Waals surface area contributed by atoms with Crippen molar-refractivity contribution in [1.82, 2.24) is 9.80 Å². The molecule has 0 bridgehead atoms. The monoisotopic (exact) mass is 228 g/mol. The van der Waals surface area contributed by atoms with Gasteiger partial charge >= 0.3 is 0 Å². The van der Waals surface area contributed by atoms with Crippen molar-refractivity contribution in [2.75, 3.05) is 33.2 Å². The van der Waals surface area contributed by atoms with Crippen LogP contribution in [0.2, 0.25) is 0 Å². The van der Waals surface area contributed by atoms with Crippen LogP contribution in [0.25, 0.3) is 0 Å². The Hall–Kier alpha value is -0.610. The minimum atomic E-state index is -0.807. The van der Waals surface area contributed by atoms with E-state index < -0.39 is 5.60 Å². The van der Waals surface area contributed by atoms with Gasteiger partial charge in [-0.3, -0.25) is 4.79 Å². The van der Waals surface area contributed by atoms with Gasteiger partial charge in [0.1, 0.15) is 0 Å². The molecule has 0 aromatic rings. The second-order valence-corrected chi connectivity index (χ2v) is 5.36. The highest BCUT2D eigenvalue weighted by Crippen LogP contribution is 2.09. The molecule has 0 unspecified atom stereocenters. The maximum absolute atomic E-state index is 11.8. The van der Waals surface area contributed by atoms with Gasteiger partial charge in [0, 0.05) is 26.6 Å². The van der Waals surface area contributed by atoms with Crippen molar-refractivity contribution in [2.45, 2.75) is 38.7 Å². The van der Waals surface area contributed by atoms with E-state index in [0.29, 0.717) is 13.0 Å². The Morgan fingerprint density at radius 1 is 1.38 bits per heavy atom. The summed E-state index contributed by atoms with van der Waals surface area (Å²) in [6.45, 7) is 6.94. The highest BCUT2D eigenvalue weighted by atomic mass is 16.3. The smallest absolute Gasteiger partial charge is 0.223 e. The van der Waals surface area contributed by atoms with E-state index in [-0.39, 0.29) is 5.91 Å². The minimum absolute atomic E-state index is 0.119. The largest absolute Gasteiger partial charge is 0.389 e. The second-order valence-electron chi connectivity index (χ2n) is 5.36. The van der Waals surface area contributed by atoms with E-state index in [4.69, 9.17) is 0 Å². The number of carbonyl (C=O) groups is 1. The average Bonchev–Trinajstić information content (AvgIpc) is 2.63. The zero-order valence-corrected chi connectivity index (χ0v) is 10.7. The van der Waals surface area contributed by atoms with E-state index in [1.165, 1.54) is 12.8 Å². The fourth-order valence-corrected chi connectivity index (χ4v) is 2.12. The van der Waals surface area contributed by atoms with Crippen LogP contribution in [0.4, 0.5) is 0 Å². The molecule has 0 radical (unpaired) electrons. The van der Waals surface area contributed by atoms with E-state index in [0.717, 1.165) is 19.6 Å². The zero-order chi connectivity index (χ0) is 12.2. The van der Waals surface area contributed by atoms with Gasteiger partial charge in [-0.15, -0.1) is 0 Å². The molecule has 0 atom stereocenters. The number of hydrogen-bond donors (Lipinski definition) is 1. The predicted octanol–water partition coefficient (Wildman–Crippen LogP) is 0.702. The standard InChI is InChI=1S/C12H24N2O2/c1-12(2,16)10-13(3)11(15)6-9-14-7-4-5-8-14/h16H,4-10H2,1-3H3. The number of amides is 1. The fourth-order valence-electron chi connectivity index (χ4n) is 2.12. The van der Waals surface area contributed by atoms with Crippen LogP contribution in [-0.2, 0) is 4.79 Å². The molecule has 0 aliphatic carbocycles. The first kappa shape index (κ1) is 13.5. The predicted molar refractivity (Wildman–Crippen MR) is 64.2 cm³/mol. The summed E-state index contributed by atoms with van der Waals surface area (Å²) in [5.74, 6) is 0.119. The summed E-state index contributed by atoms with van der Waals surface area (Å²) >= 11 is 0. The van der Waals surface area contributed by atoms with Gasteiger partial charge in [0.2, 0.25) is 5.91 Å². The van der Waals surface area contributed by atoms with Crippen LogP contribution in [0.3, 0.4) is 0 Å². The summed E-state index contributed by atoms with van der Waals surface area (Å²) in [5.41, 5.74) is -0.807. The van der Waals surface area contributed by atoms with Crippen LogP contribution >= 0.6 is 0 Å². The summed E-state index contributed by atoms with van der Waals surface area (Å²) in [7, 11) is 1.75. The minimum Gasteiger partial charge on any atom is -0.389 e. The molecular weight excluding hydrogens is 204 g/mol. The Kier molecular flexibility index (Phi) is 4.74. The number of likely N-dealkylation sites (tertiary alicyclic amines) is 1. The Bertz CT molecular complexity index is 230. The van der Waals surface area contributed by atoms with Gasteiger partial charge < -0.3 is 14.9 Å². The Morgan fingerprint density at radius 3 is 2.44 bits per heavy atom. The van der Waals surface area contributed by atoms with Gasteiger partial charge in [0.05, 0.1) is 5.60 Å². The topological polar surface area (TPSA) is 43.8 Å². The molecule has 16 heavy (non-hydrogen) atoms. The third-order valence-electron chi connectivity index (χ3n) is 2.89. The lowest BCUT2D eigenvalue weighted by Crippen LogP contribution is -2.40. The molecule has 94 valence electrons. The first-order chi connectivity index (χ1) is 7.38. The summed E-state index contributed by atoms with van der Waals surface area (Å²) in [6.07, 6.45) is 3.08. The maximum atomic E-state index is 11.8. The summed E-state index contributed by atoms with van der Waals surface area (Å²) < 4.78 is 0. The summed E-state index contributed by atoms with van der Waals surface area (Å²) in [6, 6.07) is 0. The SMILES string of the molecule is CN(CC(C)(C)O)C(=O)CCN1CCCC1. The molecule has 1 amide bonds. The third-order valence-corrected chi connectivity index (χ3v) is 2.89. The Balaban J connectivity index is 2.23. The molecule has 0 aromatic heterocycles. The van der Waals surface area contributed by atoms with Crippen LogP contribution in [0, 0.1) is 0 Å². The van der Waals surface area contributed by atoms with Crippen LogP contribution in [0.1, 0.15) is 33.1 Å². The number of carbonyl (C=O) groups excluding carboxylic acids is 1. The molecule has 4 nitrogen and oxygen atoms in total. The molecule has 0 aromatic carbocycles. The zero-order valence-electron chi connectivity index (χ0n) is 10.7. The fraction of sp³-hybridized carbons (Fsp3) is 0.917. The lowest BCUT2D eigenvalue weighted by Gasteiger charge is -2.26. The number of likely N-dealkylation sites (N-methyl/N-ethyl adjacent to an activating group) is 1. The number of nitrogens with zero attached hydrogens (tertiary/aromatic N) is 2. The van der Waals surface area contributed by atoms with E-state index in [2.05, 4.69) is 4.90 Å². The van der Waals surface area contributed by atoms with Gasteiger partial charge in [-0.2, -0.15) is 0 Å². The van der Waals surface area contributed by atoms with Crippen molar-refractivity contribution in [3.8, 4) is 0 Å². The quantitative estimate of drug-likeness (QED) is 0.753. The third kappa shape index (κ3) is 4.94. The summed E-state index contributed by atoms with van der Waals surface area (Å²) in [5, 5.41) is 9.61. The molecule has 1 saturated heterocycles. The van der Waals surface area contributed by atoms with Crippen molar-refractivity contribution in [3.05, 3.63) is 0 Å². The molecule has 1 aliphatic heterocycles. The normalized spacial score (nSPS) is 17.8. The maximum Gasteiger partial charge on any atom is 0.223 e.